The number of imide groups is 1. The maximum atomic E-state index is 13.1. The minimum Gasteiger partial charge on any atom is -0.489 e. The van der Waals surface area contributed by atoms with Gasteiger partial charge >= 0.3 is 6.03 Å². The van der Waals surface area contributed by atoms with E-state index in [1.54, 1.807) is 51.1 Å². The molecule has 0 aliphatic carbocycles. The lowest BCUT2D eigenvalue weighted by molar-refractivity contribution is -0.133. The van der Waals surface area contributed by atoms with Crippen molar-refractivity contribution in [3.05, 3.63) is 54.1 Å². The molecule has 2 aromatic carbocycles. The normalized spacial score (nSPS) is 20.7. The van der Waals surface area contributed by atoms with Crippen molar-refractivity contribution in [2.24, 2.45) is 0 Å². The SMILES string of the molecule is CC(C)Oc1ccc(S(=O)(=O)N2CCOCC2)cc1NC(=O)CN1C(=O)N[C@@](C)(c2ccccc2)C1=O. The number of rotatable bonds is 8. The third kappa shape index (κ3) is 5.45. The van der Waals surface area contributed by atoms with E-state index in [4.69, 9.17) is 9.47 Å². The lowest BCUT2D eigenvalue weighted by atomic mass is 9.92. The molecule has 2 fully saturated rings. The molecule has 4 rings (SSSR count). The van der Waals surface area contributed by atoms with E-state index in [2.05, 4.69) is 10.6 Å². The van der Waals surface area contributed by atoms with Gasteiger partial charge in [0.05, 0.1) is 29.9 Å². The summed E-state index contributed by atoms with van der Waals surface area (Å²) >= 11 is 0. The summed E-state index contributed by atoms with van der Waals surface area (Å²) in [7, 11) is -3.83. The van der Waals surface area contributed by atoms with E-state index in [-0.39, 0.29) is 35.5 Å². The highest BCUT2D eigenvalue weighted by Gasteiger charge is 2.49. The number of nitrogens with zero attached hydrogens (tertiary/aromatic N) is 2. The number of hydrogen-bond donors (Lipinski definition) is 2. The molecule has 0 saturated carbocycles. The second kappa shape index (κ2) is 10.5. The molecule has 0 bridgehead atoms. The van der Waals surface area contributed by atoms with Crippen molar-refractivity contribution in [1.82, 2.24) is 14.5 Å². The van der Waals surface area contributed by atoms with Gasteiger partial charge in [0.1, 0.15) is 17.8 Å². The third-order valence-corrected chi connectivity index (χ3v) is 8.02. The van der Waals surface area contributed by atoms with Crippen LogP contribution in [-0.2, 0) is 29.9 Å². The summed E-state index contributed by atoms with van der Waals surface area (Å²) in [6.07, 6.45) is -0.255. The first-order chi connectivity index (χ1) is 17.5. The van der Waals surface area contributed by atoms with Crippen LogP contribution in [0.15, 0.2) is 53.4 Å². The van der Waals surface area contributed by atoms with Crippen molar-refractivity contribution in [3.8, 4) is 5.75 Å². The number of ether oxygens (including phenoxy) is 2. The molecular weight excluding hydrogens is 500 g/mol. The Morgan fingerprint density at radius 1 is 1.14 bits per heavy atom. The first-order valence-electron chi connectivity index (χ1n) is 11.9. The Labute approximate surface area is 215 Å². The number of benzene rings is 2. The quantitative estimate of drug-likeness (QED) is 0.498. The van der Waals surface area contributed by atoms with Crippen molar-refractivity contribution < 1.29 is 32.3 Å². The second-order valence-electron chi connectivity index (χ2n) is 9.20. The molecule has 37 heavy (non-hydrogen) atoms. The summed E-state index contributed by atoms with van der Waals surface area (Å²) in [5, 5.41) is 5.28. The van der Waals surface area contributed by atoms with E-state index in [1.165, 1.54) is 22.5 Å². The number of amides is 4. The van der Waals surface area contributed by atoms with E-state index in [9.17, 15) is 22.8 Å². The molecule has 2 heterocycles. The van der Waals surface area contributed by atoms with Gasteiger partial charge in [-0.15, -0.1) is 0 Å². The zero-order chi connectivity index (χ0) is 26.8. The summed E-state index contributed by atoms with van der Waals surface area (Å²) < 4.78 is 38.6. The van der Waals surface area contributed by atoms with Gasteiger partial charge in [0.2, 0.25) is 15.9 Å². The Kier molecular flexibility index (Phi) is 7.53. The number of anilines is 1. The fraction of sp³-hybridized carbons (Fsp3) is 0.400. The van der Waals surface area contributed by atoms with E-state index in [0.717, 1.165) is 4.90 Å². The predicted molar refractivity (Wildman–Crippen MR) is 134 cm³/mol. The minimum absolute atomic E-state index is 0.0209. The van der Waals surface area contributed by atoms with E-state index in [1.807, 2.05) is 0 Å². The Hall–Kier alpha value is -3.48. The Balaban J connectivity index is 1.56. The summed E-state index contributed by atoms with van der Waals surface area (Å²) in [6, 6.07) is 12.3. The summed E-state index contributed by atoms with van der Waals surface area (Å²) in [6.45, 7) is 5.64. The van der Waals surface area contributed by atoms with Gasteiger partial charge in [0.25, 0.3) is 5.91 Å². The molecule has 11 nitrogen and oxygen atoms in total. The molecule has 12 heteroatoms. The van der Waals surface area contributed by atoms with Crippen molar-refractivity contribution >= 4 is 33.6 Å². The lowest BCUT2D eigenvalue weighted by Gasteiger charge is -2.26. The Morgan fingerprint density at radius 2 is 1.81 bits per heavy atom. The van der Waals surface area contributed by atoms with Crippen LogP contribution in [-0.4, -0.2) is 74.4 Å². The maximum absolute atomic E-state index is 13.1. The molecule has 2 N–H and O–H groups in total. The molecule has 2 saturated heterocycles. The van der Waals surface area contributed by atoms with Gasteiger partial charge in [0, 0.05) is 13.1 Å². The maximum Gasteiger partial charge on any atom is 0.325 e. The molecule has 2 aliphatic heterocycles. The Morgan fingerprint density at radius 3 is 2.46 bits per heavy atom. The first kappa shape index (κ1) is 26.6. The Bertz CT molecular complexity index is 1290. The summed E-state index contributed by atoms with van der Waals surface area (Å²) in [5.41, 5.74) is -0.604. The molecule has 0 unspecified atom stereocenters. The first-order valence-corrected chi connectivity index (χ1v) is 13.3. The molecule has 0 spiro atoms. The van der Waals surface area contributed by atoms with Crippen molar-refractivity contribution in [2.75, 3.05) is 38.2 Å². The third-order valence-electron chi connectivity index (χ3n) is 6.12. The van der Waals surface area contributed by atoms with Gasteiger partial charge < -0.3 is 20.1 Å². The highest BCUT2D eigenvalue weighted by molar-refractivity contribution is 7.89. The van der Waals surface area contributed by atoms with Gasteiger partial charge in [-0.3, -0.25) is 14.5 Å². The summed E-state index contributed by atoms with van der Waals surface area (Å²) in [5.74, 6) is -0.993. The van der Waals surface area contributed by atoms with Crippen molar-refractivity contribution in [1.29, 1.82) is 0 Å². The number of hydrogen-bond acceptors (Lipinski definition) is 7. The zero-order valence-corrected chi connectivity index (χ0v) is 21.7. The van der Waals surface area contributed by atoms with Gasteiger partial charge in [-0.25, -0.2) is 13.2 Å². The van der Waals surface area contributed by atoms with Crippen LogP contribution >= 0.6 is 0 Å². The van der Waals surface area contributed by atoms with Gasteiger partial charge in [-0.1, -0.05) is 30.3 Å². The standard InChI is InChI=1S/C25H30N4O7S/c1-17(2)36-21-10-9-19(37(33,34)28-11-13-35-14-12-28)15-20(21)26-22(30)16-29-23(31)25(3,27-24(29)32)18-7-5-4-6-8-18/h4-10,15,17H,11-14,16H2,1-3H3,(H,26,30)(H,27,32)/t25-/m0/s1. The molecule has 198 valence electrons. The van der Waals surface area contributed by atoms with Crippen LogP contribution in [0.2, 0.25) is 0 Å². The second-order valence-corrected chi connectivity index (χ2v) is 11.1. The highest BCUT2D eigenvalue weighted by atomic mass is 32.2. The molecule has 2 aromatic rings. The van der Waals surface area contributed by atoms with Crippen LogP contribution in [0.4, 0.5) is 10.5 Å². The number of nitrogens with one attached hydrogen (secondary N) is 2. The monoisotopic (exact) mass is 530 g/mol. The smallest absolute Gasteiger partial charge is 0.325 e. The largest absolute Gasteiger partial charge is 0.489 e. The minimum atomic E-state index is -3.83. The van der Waals surface area contributed by atoms with Crippen LogP contribution < -0.4 is 15.4 Å². The molecule has 2 aliphatic rings. The van der Waals surface area contributed by atoms with E-state index in [0.29, 0.717) is 18.8 Å². The van der Waals surface area contributed by atoms with Crippen molar-refractivity contribution in [2.45, 2.75) is 37.3 Å². The highest BCUT2D eigenvalue weighted by Crippen LogP contribution is 2.31. The number of urea groups is 1. The number of carbonyl (C=O) groups is 3. The van der Waals surface area contributed by atoms with Gasteiger partial charge in [-0.05, 0) is 44.5 Å². The predicted octanol–water partition coefficient (Wildman–Crippen LogP) is 1.90. The van der Waals surface area contributed by atoms with E-state index < -0.39 is 40.0 Å². The molecular formula is C25H30N4O7S. The number of sulfonamides is 1. The summed E-state index contributed by atoms with van der Waals surface area (Å²) in [4.78, 5) is 39.6. The van der Waals surface area contributed by atoms with Crippen LogP contribution in [0.25, 0.3) is 0 Å². The lowest BCUT2D eigenvalue weighted by Crippen LogP contribution is -2.42. The van der Waals surface area contributed by atoms with Crippen LogP contribution in [0.3, 0.4) is 0 Å². The molecule has 0 aromatic heterocycles. The molecule has 4 amide bonds. The van der Waals surface area contributed by atoms with Gasteiger partial charge in [-0.2, -0.15) is 4.31 Å². The van der Waals surface area contributed by atoms with Crippen LogP contribution in [0, 0.1) is 0 Å². The van der Waals surface area contributed by atoms with Crippen LogP contribution in [0.5, 0.6) is 5.75 Å². The fourth-order valence-electron chi connectivity index (χ4n) is 4.20. The molecule has 0 radical (unpaired) electrons. The van der Waals surface area contributed by atoms with Gasteiger partial charge in [0.15, 0.2) is 0 Å². The average molecular weight is 531 g/mol. The zero-order valence-electron chi connectivity index (χ0n) is 20.9. The van der Waals surface area contributed by atoms with Crippen LogP contribution in [0.1, 0.15) is 26.3 Å². The van der Waals surface area contributed by atoms with Crippen molar-refractivity contribution in [3.63, 3.8) is 0 Å². The molecule has 1 atom stereocenters. The topological polar surface area (TPSA) is 134 Å². The average Bonchev–Trinajstić information content (AvgIpc) is 3.09. The number of morpholine rings is 1. The number of carbonyl (C=O) groups excluding carboxylic acids is 3. The fourth-order valence-corrected chi connectivity index (χ4v) is 5.64. The van der Waals surface area contributed by atoms with E-state index >= 15 is 0 Å².